The number of nitrogens with zero attached hydrogens (tertiary/aromatic N) is 3. The van der Waals surface area contributed by atoms with Gasteiger partial charge in [0.05, 0.1) is 22.3 Å². The summed E-state index contributed by atoms with van der Waals surface area (Å²) in [5.74, 6) is 0.00431. The van der Waals surface area contributed by atoms with Crippen molar-refractivity contribution < 1.29 is 23.2 Å². The molecule has 0 unspecified atom stereocenters. The first kappa shape index (κ1) is 26.3. The van der Waals surface area contributed by atoms with Crippen LogP contribution in [0.3, 0.4) is 0 Å². The molecule has 0 amide bonds. The minimum Gasteiger partial charge on any atom is -0.481 e. The summed E-state index contributed by atoms with van der Waals surface area (Å²) in [7, 11) is 0. The van der Waals surface area contributed by atoms with Gasteiger partial charge in [-0.2, -0.15) is 0 Å². The lowest BCUT2D eigenvalue weighted by molar-refractivity contribution is -0.137. The predicted molar refractivity (Wildman–Crippen MR) is 144 cm³/mol. The smallest absolute Gasteiger partial charge is 0.303 e. The second-order valence-corrected chi connectivity index (χ2v) is 9.95. The fourth-order valence-electron chi connectivity index (χ4n) is 4.18. The Labute approximate surface area is 226 Å². The van der Waals surface area contributed by atoms with Crippen LogP contribution in [0.15, 0.2) is 87.0 Å². The standard InChI is InChI=1S/C29H23F2N3O4S/c30-19-6-10-21(11-7-19)34-27(3-1-2-4-28(35)36)32-26-15-18(5-14-24(26)29(34)37)25-16-22(38-33-25)17-39-23-12-8-20(31)9-13-23/h5-16H,1-4,17H2,(H,35,36). The van der Waals surface area contributed by atoms with E-state index in [1.54, 1.807) is 30.3 Å². The van der Waals surface area contributed by atoms with E-state index in [9.17, 15) is 18.4 Å². The Balaban J connectivity index is 1.45. The largest absolute Gasteiger partial charge is 0.481 e. The molecular weight excluding hydrogens is 524 g/mol. The van der Waals surface area contributed by atoms with Crippen molar-refractivity contribution in [2.24, 2.45) is 0 Å². The van der Waals surface area contributed by atoms with Crippen LogP contribution in [0, 0.1) is 11.6 Å². The molecule has 2 heterocycles. The first-order chi connectivity index (χ1) is 18.9. The third-order valence-corrected chi connectivity index (χ3v) is 7.15. The van der Waals surface area contributed by atoms with Gasteiger partial charge in [0, 0.05) is 29.4 Å². The molecule has 0 saturated heterocycles. The number of carboxylic acids is 1. The van der Waals surface area contributed by atoms with Crippen LogP contribution in [0.1, 0.15) is 30.8 Å². The van der Waals surface area contributed by atoms with Gasteiger partial charge in [-0.1, -0.05) is 11.2 Å². The van der Waals surface area contributed by atoms with Gasteiger partial charge in [-0.15, -0.1) is 11.8 Å². The molecule has 0 radical (unpaired) electrons. The number of hydrogen-bond acceptors (Lipinski definition) is 6. The Kier molecular flexibility index (Phi) is 7.83. The molecule has 0 fully saturated rings. The van der Waals surface area contributed by atoms with Gasteiger partial charge in [-0.25, -0.2) is 13.8 Å². The zero-order valence-corrected chi connectivity index (χ0v) is 21.5. The van der Waals surface area contributed by atoms with Gasteiger partial charge in [-0.05, 0) is 73.5 Å². The van der Waals surface area contributed by atoms with Gasteiger partial charge in [0.1, 0.15) is 28.9 Å². The van der Waals surface area contributed by atoms with Crippen molar-refractivity contribution >= 4 is 28.6 Å². The van der Waals surface area contributed by atoms with Crippen LogP contribution in [0.2, 0.25) is 0 Å². The fraction of sp³-hybridized carbons (Fsp3) is 0.172. The predicted octanol–water partition coefficient (Wildman–Crippen LogP) is 6.41. The summed E-state index contributed by atoms with van der Waals surface area (Å²) in [6.07, 6.45) is 1.34. The molecule has 10 heteroatoms. The Morgan fingerprint density at radius 2 is 1.67 bits per heavy atom. The Morgan fingerprint density at radius 1 is 0.949 bits per heavy atom. The summed E-state index contributed by atoms with van der Waals surface area (Å²) in [6, 6.07) is 18.8. The van der Waals surface area contributed by atoms with E-state index in [-0.39, 0.29) is 17.8 Å². The number of thioether (sulfide) groups is 1. The number of fused-ring (bicyclic) bond motifs is 1. The molecule has 5 rings (SSSR count). The minimum absolute atomic E-state index is 0.0203. The Hall–Kier alpha value is -4.31. The van der Waals surface area contributed by atoms with Crippen LogP contribution >= 0.6 is 11.8 Å². The summed E-state index contributed by atoms with van der Waals surface area (Å²) in [5, 5.41) is 13.5. The molecule has 0 saturated carbocycles. The number of rotatable bonds is 10. The lowest BCUT2D eigenvalue weighted by atomic mass is 10.1. The Bertz CT molecular complexity index is 1680. The monoisotopic (exact) mass is 547 g/mol. The third-order valence-electron chi connectivity index (χ3n) is 6.11. The average molecular weight is 548 g/mol. The molecule has 3 aromatic carbocycles. The zero-order chi connectivity index (χ0) is 27.4. The van der Waals surface area contributed by atoms with Crippen molar-refractivity contribution in [3.63, 3.8) is 0 Å². The molecule has 7 nitrogen and oxygen atoms in total. The summed E-state index contributed by atoms with van der Waals surface area (Å²) in [5.41, 5.74) is 1.94. The SMILES string of the molecule is O=C(O)CCCCc1nc2cc(-c3cc(CSc4ccc(F)cc4)on3)ccc2c(=O)n1-c1ccc(F)cc1. The van der Waals surface area contributed by atoms with E-state index in [1.165, 1.54) is 52.7 Å². The minimum atomic E-state index is -0.884. The number of halogens is 2. The highest BCUT2D eigenvalue weighted by atomic mass is 32.2. The highest BCUT2D eigenvalue weighted by Crippen LogP contribution is 2.27. The topological polar surface area (TPSA) is 98.2 Å². The Morgan fingerprint density at radius 3 is 2.38 bits per heavy atom. The molecule has 198 valence electrons. The van der Waals surface area contributed by atoms with Crippen molar-refractivity contribution in [2.75, 3.05) is 0 Å². The van der Waals surface area contributed by atoms with E-state index in [4.69, 9.17) is 14.6 Å². The molecule has 5 aromatic rings. The van der Waals surface area contributed by atoms with E-state index >= 15 is 0 Å². The molecule has 39 heavy (non-hydrogen) atoms. The van der Waals surface area contributed by atoms with Gasteiger partial charge >= 0.3 is 5.97 Å². The molecular formula is C29H23F2N3O4S. The number of carboxylic acid groups (broad SMARTS) is 1. The fourth-order valence-corrected chi connectivity index (χ4v) is 4.95. The highest BCUT2D eigenvalue weighted by molar-refractivity contribution is 7.98. The van der Waals surface area contributed by atoms with Gasteiger partial charge in [-0.3, -0.25) is 14.2 Å². The van der Waals surface area contributed by atoms with E-state index in [0.717, 1.165) is 4.90 Å². The summed E-state index contributed by atoms with van der Waals surface area (Å²) < 4.78 is 33.6. The normalized spacial score (nSPS) is 11.2. The maximum Gasteiger partial charge on any atom is 0.303 e. The molecule has 0 aliphatic carbocycles. The second-order valence-electron chi connectivity index (χ2n) is 8.90. The molecule has 0 bridgehead atoms. The molecule has 0 spiro atoms. The number of hydrogen-bond donors (Lipinski definition) is 1. The van der Waals surface area contributed by atoms with Crippen LogP contribution in [0.5, 0.6) is 0 Å². The van der Waals surface area contributed by atoms with E-state index in [0.29, 0.717) is 64.4 Å². The first-order valence-electron chi connectivity index (χ1n) is 12.2. The lowest BCUT2D eigenvalue weighted by Crippen LogP contribution is -2.24. The maximum absolute atomic E-state index is 13.6. The molecule has 2 aromatic heterocycles. The van der Waals surface area contributed by atoms with Crippen LogP contribution in [0.4, 0.5) is 8.78 Å². The third kappa shape index (κ3) is 6.23. The van der Waals surface area contributed by atoms with Crippen LogP contribution in [0.25, 0.3) is 27.8 Å². The zero-order valence-electron chi connectivity index (χ0n) is 20.6. The second kappa shape index (κ2) is 11.6. The number of benzene rings is 3. The van der Waals surface area contributed by atoms with Crippen LogP contribution in [-0.4, -0.2) is 25.8 Å². The van der Waals surface area contributed by atoms with E-state index in [2.05, 4.69) is 5.16 Å². The van der Waals surface area contributed by atoms with Crippen molar-refractivity contribution in [3.8, 4) is 16.9 Å². The summed E-state index contributed by atoms with van der Waals surface area (Å²) in [4.78, 5) is 30.1. The quantitative estimate of drug-likeness (QED) is 0.159. The van der Waals surface area contributed by atoms with Crippen LogP contribution < -0.4 is 5.56 Å². The van der Waals surface area contributed by atoms with Crippen molar-refractivity contribution in [1.29, 1.82) is 0 Å². The number of aliphatic carboxylic acids is 1. The van der Waals surface area contributed by atoms with Gasteiger partial charge < -0.3 is 9.63 Å². The molecule has 0 atom stereocenters. The van der Waals surface area contributed by atoms with Crippen LogP contribution in [-0.2, 0) is 17.0 Å². The number of unbranched alkanes of at least 4 members (excludes halogenated alkanes) is 1. The first-order valence-corrected chi connectivity index (χ1v) is 13.2. The average Bonchev–Trinajstić information content (AvgIpc) is 3.40. The van der Waals surface area contributed by atoms with Crippen molar-refractivity contribution in [2.45, 2.75) is 36.3 Å². The number of aryl methyl sites for hydroxylation is 1. The lowest BCUT2D eigenvalue weighted by Gasteiger charge is -2.14. The summed E-state index contributed by atoms with van der Waals surface area (Å²) in [6.45, 7) is 0. The van der Waals surface area contributed by atoms with E-state index in [1.807, 2.05) is 6.07 Å². The summed E-state index contributed by atoms with van der Waals surface area (Å²) >= 11 is 1.49. The van der Waals surface area contributed by atoms with Gasteiger partial charge in [0.25, 0.3) is 5.56 Å². The maximum atomic E-state index is 13.6. The van der Waals surface area contributed by atoms with Crippen molar-refractivity contribution in [3.05, 3.63) is 106 Å². The molecule has 0 aliphatic heterocycles. The molecule has 0 aliphatic rings. The van der Waals surface area contributed by atoms with E-state index < -0.39 is 11.8 Å². The number of aromatic nitrogens is 3. The molecule has 1 N–H and O–H groups in total. The number of carbonyl (C=O) groups is 1. The van der Waals surface area contributed by atoms with Gasteiger partial charge in [0.2, 0.25) is 0 Å². The highest BCUT2D eigenvalue weighted by Gasteiger charge is 2.15. The van der Waals surface area contributed by atoms with Gasteiger partial charge in [0.15, 0.2) is 0 Å². The van der Waals surface area contributed by atoms with Crippen molar-refractivity contribution in [1.82, 2.24) is 14.7 Å².